The number of benzene rings is 1. The van der Waals surface area contributed by atoms with E-state index in [1.807, 2.05) is 4.90 Å². The Bertz CT molecular complexity index is 439. The lowest BCUT2D eigenvalue weighted by atomic mass is 10.2. The van der Waals surface area contributed by atoms with Crippen LogP contribution in [0.2, 0.25) is 5.02 Å². The van der Waals surface area contributed by atoms with Crippen molar-refractivity contribution in [3.8, 4) is 0 Å². The van der Waals surface area contributed by atoms with E-state index in [-0.39, 0.29) is 23.4 Å². The van der Waals surface area contributed by atoms with Crippen LogP contribution >= 0.6 is 11.6 Å². The van der Waals surface area contributed by atoms with Crippen LogP contribution in [0.25, 0.3) is 0 Å². The van der Waals surface area contributed by atoms with Crippen molar-refractivity contribution in [2.45, 2.75) is 18.9 Å². The van der Waals surface area contributed by atoms with Crippen molar-refractivity contribution in [1.82, 2.24) is 0 Å². The van der Waals surface area contributed by atoms with Crippen molar-refractivity contribution >= 4 is 23.0 Å². The standard InChI is InChI=1S/C11H13ClN2O3/c12-9-4-1-5-10(11(9)14(16)17)13-6-2-3-8(13)7-15/h1,4-5,8,15H,2-3,6-7H2. The highest BCUT2D eigenvalue weighted by Crippen LogP contribution is 2.38. The lowest BCUT2D eigenvalue weighted by Crippen LogP contribution is -2.32. The van der Waals surface area contributed by atoms with Crippen LogP contribution in [0, 0.1) is 10.1 Å². The molecule has 0 radical (unpaired) electrons. The zero-order chi connectivity index (χ0) is 12.4. The van der Waals surface area contributed by atoms with Gasteiger partial charge in [-0.05, 0) is 25.0 Å². The summed E-state index contributed by atoms with van der Waals surface area (Å²) in [6, 6.07) is 4.83. The van der Waals surface area contributed by atoms with Crippen LogP contribution in [0.3, 0.4) is 0 Å². The number of anilines is 1. The lowest BCUT2D eigenvalue weighted by molar-refractivity contribution is -0.384. The molecule has 1 aliphatic rings. The predicted octanol–water partition coefficient (Wildman–Crippen LogP) is 2.21. The van der Waals surface area contributed by atoms with Crippen molar-refractivity contribution in [2.75, 3.05) is 18.1 Å². The summed E-state index contributed by atoms with van der Waals surface area (Å²) < 4.78 is 0. The van der Waals surface area contributed by atoms with E-state index in [1.54, 1.807) is 12.1 Å². The third-order valence-electron chi connectivity index (χ3n) is 3.05. The molecular weight excluding hydrogens is 244 g/mol. The van der Waals surface area contributed by atoms with Crippen LogP contribution in [-0.4, -0.2) is 29.2 Å². The molecule has 5 nitrogen and oxygen atoms in total. The Hall–Kier alpha value is -1.33. The van der Waals surface area contributed by atoms with E-state index in [4.69, 9.17) is 11.6 Å². The summed E-state index contributed by atoms with van der Waals surface area (Å²) in [7, 11) is 0. The largest absolute Gasteiger partial charge is 0.394 e. The van der Waals surface area contributed by atoms with Gasteiger partial charge < -0.3 is 10.0 Å². The number of hydrogen-bond acceptors (Lipinski definition) is 4. The average molecular weight is 257 g/mol. The summed E-state index contributed by atoms with van der Waals surface area (Å²) in [5, 5.41) is 20.4. The number of para-hydroxylation sites is 1. The molecule has 0 bridgehead atoms. The molecule has 1 aromatic carbocycles. The van der Waals surface area contributed by atoms with Crippen molar-refractivity contribution in [3.63, 3.8) is 0 Å². The minimum Gasteiger partial charge on any atom is -0.394 e. The highest BCUT2D eigenvalue weighted by molar-refractivity contribution is 6.33. The summed E-state index contributed by atoms with van der Waals surface area (Å²) in [5.41, 5.74) is 0.425. The average Bonchev–Trinajstić information content (AvgIpc) is 2.75. The third-order valence-corrected chi connectivity index (χ3v) is 3.35. The second-order valence-corrected chi connectivity index (χ2v) is 4.44. The smallest absolute Gasteiger partial charge is 0.310 e. The maximum Gasteiger partial charge on any atom is 0.310 e. The maximum atomic E-state index is 11.0. The first-order chi connectivity index (χ1) is 8.15. The van der Waals surface area contributed by atoms with E-state index in [0.29, 0.717) is 12.2 Å². The van der Waals surface area contributed by atoms with Crippen LogP contribution < -0.4 is 4.90 Å². The number of nitrogens with zero attached hydrogens (tertiary/aromatic N) is 2. The molecule has 1 N–H and O–H groups in total. The summed E-state index contributed by atoms with van der Waals surface area (Å²) in [6.07, 6.45) is 1.77. The van der Waals surface area contributed by atoms with E-state index >= 15 is 0 Å². The number of nitro groups is 1. The van der Waals surface area contributed by atoms with Crippen molar-refractivity contribution in [2.24, 2.45) is 0 Å². The summed E-state index contributed by atoms with van der Waals surface area (Å²) in [6.45, 7) is 0.718. The number of hydrogen-bond donors (Lipinski definition) is 1. The quantitative estimate of drug-likeness (QED) is 0.665. The van der Waals surface area contributed by atoms with Gasteiger partial charge in [-0.3, -0.25) is 10.1 Å². The normalized spacial score (nSPS) is 19.6. The molecule has 1 aliphatic heterocycles. The number of rotatable bonds is 3. The molecule has 1 saturated heterocycles. The molecule has 0 aliphatic carbocycles. The van der Waals surface area contributed by atoms with Crippen molar-refractivity contribution in [3.05, 3.63) is 33.3 Å². The highest BCUT2D eigenvalue weighted by Gasteiger charge is 2.30. The van der Waals surface area contributed by atoms with Gasteiger partial charge in [0.05, 0.1) is 17.6 Å². The molecule has 0 amide bonds. The molecule has 1 heterocycles. The van der Waals surface area contributed by atoms with Gasteiger partial charge in [0.25, 0.3) is 0 Å². The molecule has 1 fully saturated rings. The summed E-state index contributed by atoms with van der Waals surface area (Å²) in [5.74, 6) is 0. The van der Waals surface area contributed by atoms with Crippen LogP contribution in [-0.2, 0) is 0 Å². The van der Waals surface area contributed by atoms with E-state index in [1.165, 1.54) is 6.07 Å². The van der Waals surface area contributed by atoms with Gasteiger partial charge in [-0.2, -0.15) is 0 Å². The molecule has 17 heavy (non-hydrogen) atoms. The minimum atomic E-state index is -0.468. The first-order valence-corrected chi connectivity index (χ1v) is 5.83. The fourth-order valence-electron chi connectivity index (χ4n) is 2.26. The monoisotopic (exact) mass is 256 g/mol. The van der Waals surface area contributed by atoms with Gasteiger partial charge in [0, 0.05) is 6.54 Å². The molecule has 0 aromatic heterocycles. The Kier molecular flexibility index (Phi) is 3.49. The molecule has 6 heteroatoms. The Labute approximate surface area is 104 Å². The Morgan fingerprint density at radius 2 is 2.35 bits per heavy atom. The van der Waals surface area contributed by atoms with Gasteiger partial charge in [-0.15, -0.1) is 0 Å². The number of nitro benzene ring substituents is 1. The number of aliphatic hydroxyl groups is 1. The zero-order valence-electron chi connectivity index (χ0n) is 9.17. The topological polar surface area (TPSA) is 66.6 Å². The van der Waals surface area contributed by atoms with Gasteiger partial charge in [0.2, 0.25) is 0 Å². The van der Waals surface area contributed by atoms with Gasteiger partial charge in [0.1, 0.15) is 10.7 Å². The van der Waals surface area contributed by atoms with E-state index in [9.17, 15) is 15.2 Å². The number of halogens is 1. The molecule has 92 valence electrons. The predicted molar refractivity (Wildman–Crippen MR) is 65.6 cm³/mol. The molecule has 2 rings (SSSR count). The second kappa shape index (κ2) is 4.89. The van der Waals surface area contributed by atoms with Gasteiger partial charge in [0.15, 0.2) is 0 Å². The SMILES string of the molecule is O=[N+]([O-])c1c(Cl)cccc1N1CCCC1CO. The Morgan fingerprint density at radius 1 is 1.59 bits per heavy atom. The molecule has 1 unspecified atom stereocenters. The molecule has 1 atom stereocenters. The first kappa shape index (κ1) is 12.1. The highest BCUT2D eigenvalue weighted by atomic mass is 35.5. The third kappa shape index (κ3) is 2.21. The fraction of sp³-hybridized carbons (Fsp3) is 0.455. The van der Waals surface area contributed by atoms with Crippen LogP contribution in [0.5, 0.6) is 0 Å². The van der Waals surface area contributed by atoms with Crippen LogP contribution in [0.15, 0.2) is 18.2 Å². The minimum absolute atomic E-state index is 0.00364. The van der Waals surface area contributed by atoms with Gasteiger partial charge in [-0.25, -0.2) is 0 Å². The zero-order valence-corrected chi connectivity index (χ0v) is 9.93. The van der Waals surface area contributed by atoms with Crippen LogP contribution in [0.4, 0.5) is 11.4 Å². The van der Waals surface area contributed by atoms with Crippen LogP contribution in [0.1, 0.15) is 12.8 Å². The summed E-state index contributed by atoms with van der Waals surface area (Å²) >= 11 is 5.86. The maximum absolute atomic E-state index is 11.0. The van der Waals surface area contributed by atoms with Gasteiger partial charge >= 0.3 is 5.69 Å². The Balaban J connectivity index is 2.44. The first-order valence-electron chi connectivity index (χ1n) is 5.45. The van der Waals surface area contributed by atoms with Gasteiger partial charge in [-0.1, -0.05) is 17.7 Å². The molecule has 0 spiro atoms. The molecular formula is C11H13ClN2O3. The lowest BCUT2D eigenvalue weighted by Gasteiger charge is -2.25. The fourth-order valence-corrected chi connectivity index (χ4v) is 2.50. The van der Waals surface area contributed by atoms with E-state index in [0.717, 1.165) is 12.8 Å². The van der Waals surface area contributed by atoms with E-state index < -0.39 is 4.92 Å². The molecule has 1 aromatic rings. The van der Waals surface area contributed by atoms with Crippen molar-refractivity contribution < 1.29 is 10.0 Å². The Morgan fingerprint density at radius 3 is 3.00 bits per heavy atom. The van der Waals surface area contributed by atoms with E-state index in [2.05, 4.69) is 0 Å². The molecule has 0 saturated carbocycles. The number of aliphatic hydroxyl groups excluding tert-OH is 1. The second-order valence-electron chi connectivity index (χ2n) is 4.04. The van der Waals surface area contributed by atoms with Crippen molar-refractivity contribution in [1.29, 1.82) is 0 Å². The summed E-state index contributed by atoms with van der Waals surface area (Å²) in [4.78, 5) is 12.4.